The number of aryl methyl sites for hydroxylation is 1. The molecule has 1 amide bonds. The summed E-state index contributed by atoms with van der Waals surface area (Å²) in [4.78, 5) is 13.3. The number of furan rings is 1. The summed E-state index contributed by atoms with van der Waals surface area (Å²) in [5.41, 5.74) is 0.480. The maximum Gasteiger partial charge on any atom is 0.253 e. The Kier molecular flexibility index (Phi) is 4.78. The monoisotopic (exact) mass is 309 g/mol. The number of halogens is 1. The molecule has 0 fully saturated rings. The molecule has 1 aromatic carbocycles. The fourth-order valence-electron chi connectivity index (χ4n) is 1.84. The van der Waals surface area contributed by atoms with E-state index in [1.54, 1.807) is 23.9 Å². The van der Waals surface area contributed by atoms with Gasteiger partial charge < -0.3 is 9.73 Å². The number of thioether (sulfide) groups is 1. The summed E-state index contributed by atoms with van der Waals surface area (Å²) < 4.78 is 5.51. The van der Waals surface area contributed by atoms with Gasteiger partial charge in [-0.3, -0.25) is 4.79 Å². The summed E-state index contributed by atoms with van der Waals surface area (Å²) in [5.74, 6) is 1.35. The van der Waals surface area contributed by atoms with Crippen LogP contribution in [0.5, 0.6) is 0 Å². The first-order valence-electron chi connectivity index (χ1n) is 6.22. The van der Waals surface area contributed by atoms with Crippen LogP contribution >= 0.6 is 23.4 Å². The topological polar surface area (TPSA) is 42.2 Å². The van der Waals surface area contributed by atoms with Crippen LogP contribution in [0, 0.1) is 6.92 Å². The summed E-state index contributed by atoms with van der Waals surface area (Å²) in [6.45, 7) is 3.75. The van der Waals surface area contributed by atoms with Crippen LogP contribution < -0.4 is 5.32 Å². The van der Waals surface area contributed by atoms with Gasteiger partial charge in [-0.05, 0) is 50.4 Å². The smallest absolute Gasteiger partial charge is 0.253 e. The molecule has 1 atom stereocenters. The lowest BCUT2D eigenvalue weighted by Gasteiger charge is -2.13. The van der Waals surface area contributed by atoms with Crippen molar-refractivity contribution in [2.75, 3.05) is 6.26 Å². The number of amides is 1. The Morgan fingerprint density at radius 1 is 1.35 bits per heavy atom. The van der Waals surface area contributed by atoms with Crippen LogP contribution in [-0.2, 0) is 0 Å². The van der Waals surface area contributed by atoms with Crippen LogP contribution in [0.1, 0.15) is 34.8 Å². The molecule has 0 aliphatic heterocycles. The molecule has 0 saturated heterocycles. The van der Waals surface area contributed by atoms with Gasteiger partial charge in [0, 0.05) is 4.90 Å². The van der Waals surface area contributed by atoms with E-state index in [-0.39, 0.29) is 11.9 Å². The lowest BCUT2D eigenvalue weighted by Crippen LogP contribution is -2.26. The zero-order chi connectivity index (χ0) is 14.7. The van der Waals surface area contributed by atoms with Crippen molar-refractivity contribution in [3.63, 3.8) is 0 Å². The Morgan fingerprint density at radius 2 is 2.10 bits per heavy atom. The molecule has 2 aromatic rings. The van der Waals surface area contributed by atoms with Crippen molar-refractivity contribution in [2.24, 2.45) is 0 Å². The van der Waals surface area contributed by atoms with Crippen molar-refractivity contribution in [3.8, 4) is 0 Å². The van der Waals surface area contributed by atoms with Crippen molar-refractivity contribution < 1.29 is 9.21 Å². The first-order chi connectivity index (χ1) is 9.51. The molecule has 0 radical (unpaired) electrons. The fourth-order valence-corrected chi connectivity index (χ4v) is 2.48. The molecule has 1 unspecified atom stereocenters. The maximum atomic E-state index is 12.3. The first-order valence-corrected chi connectivity index (χ1v) is 7.82. The third kappa shape index (κ3) is 3.38. The summed E-state index contributed by atoms with van der Waals surface area (Å²) >= 11 is 7.66. The van der Waals surface area contributed by atoms with Crippen molar-refractivity contribution in [2.45, 2.75) is 24.8 Å². The minimum absolute atomic E-state index is 0.201. The molecule has 0 spiro atoms. The van der Waals surface area contributed by atoms with Gasteiger partial charge in [0.25, 0.3) is 5.91 Å². The van der Waals surface area contributed by atoms with Crippen molar-refractivity contribution >= 4 is 29.3 Å². The van der Waals surface area contributed by atoms with Crippen LogP contribution in [0.15, 0.2) is 39.6 Å². The number of carbonyl (C=O) groups excluding carboxylic acids is 1. The summed E-state index contributed by atoms with van der Waals surface area (Å²) in [6.07, 6.45) is 1.96. The van der Waals surface area contributed by atoms with Gasteiger partial charge in [-0.1, -0.05) is 11.6 Å². The fraction of sp³-hybridized carbons (Fsp3) is 0.267. The number of hydrogen-bond donors (Lipinski definition) is 1. The molecule has 0 aliphatic carbocycles. The molecule has 5 heteroatoms. The number of hydrogen-bond acceptors (Lipinski definition) is 3. The number of carbonyl (C=O) groups is 1. The van der Waals surface area contributed by atoms with Gasteiger partial charge in [0.15, 0.2) is 0 Å². The third-order valence-corrected chi connectivity index (χ3v) is 4.01. The van der Waals surface area contributed by atoms with Gasteiger partial charge in [-0.2, -0.15) is 0 Å². The summed E-state index contributed by atoms with van der Waals surface area (Å²) in [6, 6.07) is 8.96. The van der Waals surface area contributed by atoms with Crippen molar-refractivity contribution in [1.82, 2.24) is 5.32 Å². The molecule has 1 N–H and O–H groups in total. The molecule has 0 aliphatic rings. The lowest BCUT2D eigenvalue weighted by molar-refractivity contribution is 0.0935. The highest BCUT2D eigenvalue weighted by Gasteiger charge is 2.16. The predicted molar refractivity (Wildman–Crippen MR) is 82.6 cm³/mol. The van der Waals surface area contributed by atoms with E-state index in [0.717, 1.165) is 16.4 Å². The van der Waals surface area contributed by atoms with Crippen molar-refractivity contribution in [1.29, 1.82) is 0 Å². The second-order valence-electron chi connectivity index (χ2n) is 4.49. The van der Waals surface area contributed by atoms with Crippen LogP contribution in [0.25, 0.3) is 0 Å². The van der Waals surface area contributed by atoms with E-state index in [4.69, 9.17) is 16.0 Å². The Labute approximate surface area is 127 Å². The molecule has 20 heavy (non-hydrogen) atoms. The average molecular weight is 310 g/mol. The zero-order valence-electron chi connectivity index (χ0n) is 11.6. The number of benzene rings is 1. The highest BCUT2D eigenvalue weighted by Crippen LogP contribution is 2.24. The highest BCUT2D eigenvalue weighted by atomic mass is 35.5. The largest absolute Gasteiger partial charge is 0.464 e. The highest BCUT2D eigenvalue weighted by molar-refractivity contribution is 7.98. The molecule has 0 saturated carbocycles. The van der Waals surface area contributed by atoms with E-state index in [9.17, 15) is 4.79 Å². The van der Waals surface area contributed by atoms with Gasteiger partial charge in [0.05, 0.1) is 16.6 Å². The molecule has 3 nitrogen and oxygen atoms in total. The Morgan fingerprint density at radius 3 is 2.70 bits per heavy atom. The zero-order valence-corrected chi connectivity index (χ0v) is 13.1. The number of rotatable bonds is 4. The standard InChI is InChI=1S/C15H16ClNO2S/c1-9-4-7-14(19-9)10(2)17-15(18)12-8-11(20-3)5-6-13(12)16/h4-8,10H,1-3H3,(H,17,18). The van der Waals surface area contributed by atoms with Gasteiger partial charge >= 0.3 is 0 Å². The van der Waals surface area contributed by atoms with E-state index in [1.807, 2.05) is 38.3 Å². The van der Waals surface area contributed by atoms with Gasteiger partial charge in [0.2, 0.25) is 0 Å². The molecule has 0 bridgehead atoms. The Hall–Kier alpha value is -1.39. The van der Waals surface area contributed by atoms with Crippen LogP contribution in [0.2, 0.25) is 5.02 Å². The Balaban J connectivity index is 2.15. The van der Waals surface area contributed by atoms with Gasteiger partial charge in [0.1, 0.15) is 11.5 Å². The molecule has 2 rings (SSSR count). The summed E-state index contributed by atoms with van der Waals surface area (Å²) in [7, 11) is 0. The second kappa shape index (κ2) is 6.37. The van der Waals surface area contributed by atoms with E-state index in [2.05, 4.69) is 5.32 Å². The minimum atomic E-state index is -0.204. The SMILES string of the molecule is CSc1ccc(Cl)c(C(=O)NC(C)c2ccc(C)o2)c1. The maximum absolute atomic E-state index is 12.3. The first kappa shape index (κ1) is 15.0. The molecular weight excluding hydrogens is 294 g/mol. The van der Waals surface area contributed by atoms with E-state index >= 15 is 0 Å². The van der Waals surface area contributed by atoms with Crippen LogP contribution in [0.4, 0.5) is 0 Å². The van der Waals surface area contributed by atoms with E-state index in [0.29, 0.717) is 10.6 Å². The lowest BCUT2D eigenvalue weighted by atomic mass is 10.2. The summed E-state index contributed by atoms with van der Waals surface area (Å²) in [5, 5.41) is 3.34. The third-order valence-electron chi connectivity index (χ3n) is 2.95. The quantitative estimate of drug-likeness (QED) is 0.848. The number of nitrogens with one attached hydrogen (secondary N) is 1. The molecule has 1 heterocycles. The minimum Gasteiger partial charge on any atom is -0.464 e. The van der Waals surface area contributed by atoms with E-state index < -0.39 is 0 Å². The normalized spacial score (nSPS) is 12.2. The average Bonchev–Trinajstić information content (AvgIpc) is 2.86. The molecular formula is C15H16ClNO2S. The molecule has 1 aromatic heterocycles. The second-order valence-corrected chi connectivity index (χ2v) is 5.78. The molecule has 106 valence electrons. The van der Waals surface area contributed by atoms with Gasteiger partial charge in [-0.15, -0.1) is 11.8 Å². The van der Waals surface area contributed by atoms with Crippen LogP contribution in [-0.4, -0.2) is 12.2 Å². The van der Waals surface area contributed by atoms with Crippen LogP contribution in [0.3, 0.4) is 0 Å². The Bertz CT molecular complexity index is 624. The van der Waals surface area contributed by atoms with E-state index in [1.165, 1.54) is 0 Å². The van der Waals surface area contributed by atoms with Crippen molar-refractivity contribution in [3.05, 3.63) is 52.4 Å². The predicted octanol–water partition coefficient (Wildman–Crippen LogP) is 4.45. The van der Waals surface area contributed by atoms with Gasteiger partial charge in [-0.25, -0.2) is 0 Å².